The number of aromatic nitrogens is 4. The summed E-state index contributed by atoms with van der Waals surface area (Å²) in [5.74, 6) is 0.203. The standard InChI is InChI=1S/C19H20F3N5/c20-19(21,22)15-5-1-3-13(9-15)17-10-24-26-18(17)14-4-2-8-27(11-14)12-16-6-7-23-25-16/h1,3,5-7,9-10,14H,2,4,8,11-12H2,(H,23,25)(H,24,26)/t14-/m0/s1. The van der Waals surface area contributed by atoms with Crippen LogP contribution in [0.3, 0.4) is 0 Å². The Balaban J connectivity index is 1.56. The number of likely N-dealkylation sites (tertiary alicyclic amines) is 1. The van der Waals surface area contributed by atoms with Gasteiger partial charge in [0.1, 0.15) is 0 Å². The predicted octanol–water partition coefficient (Wildman–Crippen LogP) is 4.20. The first-order valence-corrected chi connectivity index (χ1v) is 8.92. The average molecular weight is 375 g/mol. The first-order chi connectivity index (χ1) is 13.0. The van der Waals surface area contributed by atoms with Crippen LogP contribution in [0.5, 0.6) is 0 Å². The van der Waals surface area contributed by atoms with Crippen LogP contribution < -0.4 is 0 Å². The Hall–Kier alpha value is -2.61. The minimum Gasteiger partial charge on any atom is -0.297 e. The van der Waals surface area contributed by atoms with Gasteiger partial charge in [0.05, 0.1) is 11.8 Å². The van der Waals surface area contributed by atoms with Crippen molar-refractivity contribution in [1.82, 2.24) is 25.3 Å². The van der Waals surface area contributed by atoms with Crippen molar-refractivity contribution in [2.45, 2.75) is 31.5 Å². The van der Waals surface area contributed by atoms with E-state index in [1.54, 1.807) is 18.5 Å². The molecule has 1 fully saturated rings. The Morgan fingerprint density at radius 3 is 2.81 bits per heavy atom. The van der Waals surface area contributed by atoms with Crippen molar-refractivity contribution in [3.05, 3.63) is 59.7 Å². The molecule has 0 bridgehead atoms. The van der Waals surface area contributed by atoms with E-state index < -0.39 is 11.7 Å². The Morgan fingerprint density at radius 1 is 1.15 bits per heavy atom. The summed E-state index contributed by atoms with van der Waals surface area (Å²) >= 11 is 0. The highest BCUT2D eigenvalue weighted by Crippen LogP contribution is 2.36. The Bertz CT molecular complexity index is 885. The molecule has 1 atom stereocenters. The van der Waals surface area contributed by atoms with E-state index in [-0.39, 0.29) is 5.92 Å². The van der Waals surface area contributed by atoms with E-state index in [0.717, 1.165) is 55.5 Å². The number of piperidine rings is 1. The fourth-order valence-electron chi connectivity index (χ4n) is 3.75. The molecule has 3 heterocycles. The van der Waals surface area contributed by atoms with Crippen molar-refractivity contribution >= 4 is 0 Å². The van der Waals surface area contributed by atoms with Gasteiger partial charge >= 0.3 is 6.18 Å². The molecule has 0 spiro atoms. The molecule has 0 aliphatic carbocycles. The van der Waals surface area contributed by atoms with Gasteiger partial charge in [-0.2, -0.15) is 23.4 Å². The van der Waals surface area contributed by atoms with E-state index in [9.17, 15) is 13.2 Å². The largest absolute Gasteiger partial charge is 0.416 e. The highest BCUT2D eigenvalue weighted by atomic mass is 19.4. The van der Waals surface area contributed by atoms with E-state index in [4.69, 9.17) is 0 Å². The highest BCUT2D eigenvalue weighted by molar-refractivity contribution is 5.66. The summed E-state index contributed by atoms with van der Waals surface area (Å²) in [6.45, 7) is 2.60. The Labute approximate surface area is 154 Å². The molecule has 4 rings (SSSR count). The van der Waals surface area contributed by atoms with Crippen LogP contribution in [0.25, 0.3) is 11.1 Å². The molecule has 5 nitrogen and oxygen atoms in total. The molecule has 0 unspecified atom stereocenters. The minimum atomic E-state index is -4.36. The Morgan fingerprint density at radius 2 is 2.04 bits per heavy atom. The van der Waals surface area contributed by atoms with E-state index in [1.165, 1.54) is 12.1 Å². The smallest absolute Gasteiger partial charge is 0.297 e. The number of benzene rings is 1. The zero-order valence-corrected chi connectivity index (χ0v) is 14.6. The first kappa shape index (κ1) is 17.8. The summed E-state index contributed by atoms with van der Waals surface area (Å²) in [6, 6.07) is 7.39. The summed E-state index contributed by atoms with van der Waals surface area (Å²) in [5, 5.41) is 14.1. The molecule has 0 radical (unpaired) electrons. The molecular weight excluding hydrogens is 355 g/mol. The molecule has 0 amide bonds. The molecule has 1 aromatic carbocycles. The molecule has 0 saturated carbocycles. The van der Waals surface area contributed by atoms with Crippen LogP contribution in [0.4, 0.5) is 13.2 Å². The maximum Gasteiger partial charge on any atom is 0.416 e. The number of nitrogens with one attached hydrogen (secondary N) is 2. The summed E-state index contributed by atoms with van der Waals surface area (Å²) < 4.78 is 39.2. The second-order valence-electron chi connectivity index (χ2n) is 6.93. The predicted molar refractivity (Wildman–Crippen MR) is 94.9 cm³/mol. The number of nitrogens with zero attached hydrogens (tertiary/aromatic N) is 3. The minimum absolute atomic E-state index is 0.203. The van der Waals surface area contributed by atoms with Crippen molar-refractivity contribution in [2.75, 3.05) is 13.1 Å². The normalized spacial score (nSPS) is 18.7. The van der Waals surface area contributed by atoms with Crippen LogP contribution in [0.2, 0.25) is 0 Å². The lowest BCUT2D eigenvalue weighted by molar-refractivity contribution is -0.137. The lowest BCUT2D eigenvalue weighted by Crippen LogP contribution is -2.34. The molecule has 1 aliphatic rings. The molecule has 2 N–H and O–H groups in total. The van der Waals surface area contributed by atoms with Crippen molar-refractivity contribution < 1.29 is 13.2 Å². The number of rotatable bonds is 4. The van der Waals surface area contributed by atoms with Crippen LogP contribution in [-0.2, 0) is 12.7 Å². The van der Waals surface area contributed by atoms with Crippen molar-refractivity contribution in [2.24, 2.45) is 0 Å². The summed E-state index contributed by atoms with van der Waals surface area (Å²) in [4.78, 5) is 2.33. The maximum absolute atomic E-state index is 13.1. The molecule has 3 aromatic rings. The number of H-pyrrole nitrogens is 2. The molecule has 142 valence electrons. The quantitative estimate of drug-likeness (QED) is 0.719. The van der Waals surface area contributed by atoms with Gasteiger partial charge < -0.3 is 0 Å². The molecule has 1 saturated heterocycles. The monoisotopic (exact) mass is 375 g/mol. The molecule has 27 heavy (non-hydrogen) atoms. The zero-order valence-electron chi connectivity index (χ0n) is 14.6. The topological polar surface area (TPSA) is 60.6 Å². The fraction of sp³-hybridized carbons (Fsp3) is 0.368. The number of halogens is 3. The average Bonchev–Trinajstić information content (AvgIpc) is 3.33. The van der Waals surface area contributed by atoms with Crippen LogP contribution in [0.15, 0.2) is 42.7 Å². The molecule has 1 aliphatic heterocycles. The van der Waals surface area contributed by atoms with E-state index in [1.807, 2.05) is 6.07 Å². The Kier molecular flexibility index (Phi) is 4.73. The third kappa shape index (κ3) is 3.90. The summed E-state index contributed by atoms with van der Waals surface area (Å²) in [7, 11) is 0. The first-order valence-electron chi connectivity index (χ1n) is 8.92. The molecule has 2 aromatic heterocycles. The zero-order chi connectivity index (χ0) is 18.9. The van der Waals surface area contributed by atoms with E-state index in [2.05, 4.69) is 25.3 Å². The summed E-state index contributed by atoms with van der Waals surface area (Å²) in [5.41, 5.74) is 2.60. The van der Waals surface area contributed by atoms with Gasteiger partial charge in [0.2, 0.25) is 0 Å². The second kappa shape index (κ2) is 7.19. The lowest BCUT2D eigenvalue weighted by Gasteiger charge is -2.32. The van der Waals surface area contributed by atoms with Crippen molar-refractivity contribution in [3.8, 4) is 11.1 Å². The molecule has 8 heteroatoms. The lowest BCUT2D eigenvalue weighted by atomic mass is 9.90. The van der Waals surface area contributed by atoms with Gasteiger partial charge in [-0.3, -0.25) is 15.1 Å². The van der Waals surface area contributed by atoms with E-state index in [0.29, 0.717) is 5.56 Å². The SMILES string of the molecule is FC(F)(F)c1cccc(-c2cn[nH]c2[C@H]2CCCN(Cc3ccn[nH]3)C2)c1. The third-order valence-electron chi connectivity index (χ3n) is 5.04. The van der Waals surface area contributed by atoms with Crippen LogP contribution in [0.1, 0.15) is 35.7 Å². The number of aromatic amines is 2. The maximum atomic E-state index is 13.1. The fourth-order valence-corrected chi connectivity index (χ4v) is 3.75. The van der Waals surface area contributed by atoms with Crippen LogP contribution in [0, 0.1) is 0 Å². The number of alkyl halides is 3. The second-order valence-corrected chi connectivity index (χ2v) is 6.93. The number of hydrogen-bond acceptors (Lipinski definition) is 3. The van der Waals surface area contributed by atoms with Gasteiger partial charge in [-0.25, -0.2) is 0 Å². The van der Waals surface area contributed by atoms with Gasteiger partial charge in [0.15, 0.2) is 0 Å². The van der Waals surface area contributed by atoms with Gasteiger partial charge in [-0.05, 0) is 43.1 Å². The van der Waals surface area contributed by atoms with Crippen molar-refractivity contribution in [3.63, 3.8) is 0 Å². The van der Waals surface area contributed by atoms with Gasteiger partial charge in [0.25, 0.3) is 0 Å². The van der Waals surface area contributed by atoms with Crippen LogP contribution >= 0.6 is 0 Å². The van der Waals surface area contributed by atoms with E-state index >= 15 is 0 Å². The van der Waals surface area contributed by atoms with Gasteiger partial charge in [-0.15, -0.1) is 0 Å². The van der Waals surface area contributed by atoms with Crippen LogP contribution in [-0.4, -0.2) is 38.4 Å². The number of hydrogen-bond donors (Lipinski definition) is 2. The highest BCUT2D eigenvalue weighted by Gasteiger charge is 2.31. The van der Waals surface area contributed by atoms with Crippen molar-refractivity contribution in [1.29, 1.82) is 0 Å². The molecular formula is C19H20F3N5. The summed E-state index contributed by atoms with van der Waals surface area (Å²) in [6.07, 6.45) is 1.01. The van der Waals surface area contributed by atoms with Gasteiger partial charge in [0, 0.05) is 42.2 Å². The third-order valence-corrected chi connectivity index (χ3v) is 5.04. The van der Waals surface area contributed by atoms with Gasteiger partial charge in [-0.1, -0.05) is 12.1 Å².